The molecule has 1 aliphatic heterocycles. The van der Waals surface area contributed by atoms with Crippen molar-refractivity contribution in [3.05, 3.63) is 18.0 Å². The fourth-order valence-electron chi connectivity index (χ4n) is 3.07. The molecule has 4 rings (SSSR count). The van der Waals surface area contributed by atoms with Gasteiger partial charge in [-0.05, 0) is 25.7 Å². The average molecular weight is 320 g/mol. The van der Waals surface area contributed by atoms with Crippen LogP contribution < -0.4 is 4.90 Å². The van der Waals surface area contributed by atoms with E-state index in [0.29, 0.717) is 18.6 Å². The van der Waals surface area contributed by atoms with Crippen molar-refractivity contribution in [2.24, 2.45) is 0 Å². The first-order valence-corrected chi connectivity index (χ1v) is 8.58. The molecule has 3 heterocycles. The Bertz CT molecular complexity index is 629. The normalized spacial score (nSPS) is 19.8. The highest BCUT2D eigenvalue weighted by atomic mass is 32.1. The number of hydrogen-bond donors (Lipinski definition) is 0. The van der Waals surface area contributed by atoms with Gasteiger partial charge in [0.15, 0.2) is 5.82 Å². The minimum absolute atomic E-state index is 0.484. The minimum Gasteiger partial charge on any atom is -0.377 e. The molecule has 2 aromatic heterocycles. The molecule has 118 valence electrons. The zero-order valence-electron chi connectivity index (χ0n) is 12.7. The number of nitrogens with zero attached hydrogens (tertiary/aromatic N) is 6. The van der Waals surface area contributed by atoms with Gasteiger partial charge in [0.2, 0.25) is 5.13 Å². The average Bonchev–Trinajstić information content (AvgIpc) is 3.09. The smallest absolute Gasteiger partial charge is 0.205 e. The third-order valence-corrected chi connectivity index (χ3v) is 5.22. The molecule has 2 fully saturated rings. The number of aromatic nitrogens is 5. The number of piperidine rings is 1. The Hall–Kier alpha value is -1.54. The van der Waals surface area contributed by atoms with E-state index in [1.54, 1.807) is 7.11 Å². The van der Waals surface area contributed by atoms with E-state index < -0.39 is 0 Å². The number of anilines is 1. The van der Waals surface area contributed by atoms with Crippen molar-refractivity contribution in [2.75, 3.05) is 25.1 Å². The van der Waals surface area contributed by atoms with E-state index in [4.69, 9.17) is 4.74 Å². The van der Waals surface area contributed by atoms with E-state index in [9.17, 15) is 0 Å². The van der Waals surface area contributed by atoms with E-state index >= 15 is 0 Å². The molecular weight excluding hydrogens is 300 g/mol. The van der Waals surface area contributed by atoms with E-state index in [-0.39, 0.29) is 0 Å². The number of hydrogen-bond acceptors (Lipinski definition) is 7. The zero-order valence-corrected chi connectivity index (χ0v) is 13.5. The summed E-state index contributed by atoms with van der Waals surface area (Å²) in [5.74, 6) is 2.48. The van der Waals surface area contributed by atoms with Gasteiger partial charge in [0, 0.05) is 43.7 Å². The Labute approximate surface area is 133 Å². The Morgan fingerprint density at radius 2 is 2.09 bits per heavy atom. The van der Waals surface area contributed by atoms with E-state index in [1.165, 1.54) is 30.2 Å². The molecule has 8 heteroatoms. The van der Waals surface area contributed by atoms with Crippen LogP contribution in [0.4, 0.5) is 5.13 Å². The molecule has 0 amide bonds. The summed E-state index contributed by atoms with van der Waals surface area (Å²) < 4.78 is 11.7. The molecule has 0 unspecified atom stereocenters. The van der Waals surface area contributed by atoms with E-state index in [1.807, 2.05) is 6.33 Å². The standard InChI is InChI=1S/C14H20N6OS/c1-21-8-12-16-14(22-18-12)19-6-4-10(5-7-19)13-17-15-9-20(13)11-2-3-11/h9-11H,2-8H2,1H3. The first kappa shape index (κ1) is 14.1. The fraction of sp³-hybridized carbons (Fsp3) is 0.714. The summed E-state index contributed by atoms with van der Waals surface area (Å²) in [6.45, 7) is 2.49. The van der Waals surface area contributed by atoms with Gasteiger partial charge < -0.3 is 14.2 Å². The maximum absolute atomic E-state index is 5.08. The molecule has 7 nitrogen and oxygen atoms in total. The molecule has 1 saturated heterocycles. The number of ether oxygens (including phenoxy) is 1. The van der Waals surface area contributed by atoms with Gasteiger partial charge in [0.05, 0.1) is 0 Å². The third-order valence-electron chi connectivity index (χ3n) is 4.40. The van der Waals surface area contributed by atoms with Gasteiger partial charge in [-0.3, -0.25) is 0 Å². The Morgan fingerprint density at radius 3 is 2.82 bits per heavy atom. The Balaban J connectivity index is 1.40. The predicted molar refractivity (Wildman–Crippen MR) is 83.1 cm³/mol. The van der Waals surface area contributed by atoms with Crippen molar-refractivity contribution in [2.45, 2.75) is 44.2 Å². The van der Waals surface area contributed by atoms with E-state index in [2.05, 4.69) is 29.0 Å². The second-order valence-electron chi connectivity index (χ2n) is 6.02. The van der Waals surface area contributed by atoms with Crippen LogP contribution in [-0.4, -0.2) is 44.3 Å². The Kier molecular flexibility index (Phi) is 3.79. The molecule has 0 radical (unpaired) electrons. The van der Waals surface area contributed by atoms with Gasteiger partial charge in [-0.1, -0.05) is 0 Å². The van der Waals surface area contributed by atoms with Crippen LogP contribution in [0.25, 0.3) is 0 Å². The van der Waals surface area contributed by atoms with Crippen LogP contribution in [0.5, 0.6) is 0 Å². The minimum atomic E-state index is 0.484. The molecule has 1 aliphatic carbocycles. The van der Waals surface area contributed by atoms with Gasteiger partial charge in [-0.2, -0.15) is 4.37 Å². The van der Waals surface area contributed by atoms with Crippen molar-refractivity contribution in [1.82, 2.24) is 24.1 Å². The highest BCUT2D eigenvalue weighted by Gasteiger charge is 2.31. The quantitative estimate of drug-likeness (QED) is 0.839. The number of methoxy groups -OCH3 is 1. The molecule has 0 atom stereocenters. The van der Waals surface area contributed by atoms with Crippen molar-refractivity contribution < 1.29 is 4.74 Å². The monoisotopic (exact) mass is 320 g/mol. The highest BCUT2D eigenvalue weighted by Crippen LogP contribution is 2.38. The van der Waals surface area contributed by atoms with Crippen LogP contribution in [0.15, 0.2) is 6.33 Å². The summed E-state index contributed by atoms with van der Waals surface area (Å²) in [6, 6.07) is 0.655. The molecule has 0 aromatic carbocycles. The van der Waals surface area contributed by atoms with Gasteiger partial charge in [-0.25, -0.2) is 4.98 Å². The first-order chi connectivity index (χ1) is 10.8. The molecule has 2 aliphatic rings. The SMILES string of the molecule is COCc1nsc(N2CCC(c3nncn3C3CC3)CC2)n1. The maximum Gasteiger partial charge on any atom is 0.205 e. The van der Waals surface area contributed by atoms with Crippen molar-refractivity contribution in [3.8, 4) is 0 Å². The first-order valence-electron chi connectivity index (χ1n) is 7.81. The van der Waals surface area contributed by atoms with Crippen LogP contribution in [0.3, 0.4) is 0 Å². The summed E-state index contributed by atoms with van der Waals surface area (Å²) in [6.07, 6.45) is 6.66. The molecule has 0 spiro atoms. The van der Waals surface area contributed by atoms with Gasteiger partial charge in [0.1, 0.15) is 18.8 Å². The highest BCUT2D eigenvalue weighted by molar-refractivity contribution is 7.09. The summed E-state index contributed by atoms with van der Waals surface area (Å²) in [4.78, 5) is 6.87. The van der Waals surface area contributed by atoms with Crippen LogP contribution in [0.1, 0.15) is 49.3 Å². The predicted octanol–water partition coefficient (Wildman–Crippen LogP) is 1.99. The lowest BCUT2D eigenvalue weighted by Crippen LogP contribution is -2.33. The van der Waals surface area contributed by atoms with Gasteiger partial charge in [-0.15, -0.1) is 10.2 Å². The lowest BCUT2D eigenvalue weighted by Gasteiger charge is -2.31. The third kappa shape index (κ3) is 2.72. The fourth-order valence-corrected chi connectivity index (χ4v) is 3.79. The second-order valence-corrected chi connectivity index (χ2v) is 6.75. The van der Waals surface area contributed by atoms with Gasteiger partial charge >= 0.3 is 0 Å². The zero-order chi connectivity index (χ0) is 14.9. The summed E-state index contributed by atoms with van der Waals surface area (Å²) in [5.41, 5.74) is 0. The molecule has 1 saturated carbocycles. The molecule has 0 N–H and O–H groups in total. The maximum atomic E-state index is 5.08. The van der Waals surface area contributed by atoms with Crippen molar-refractivity contribution in [1.29, 1.82) is 0 Å². The summed E-state index contributed by atoms with van der Waals surface area (Å²) >= 11 is 1.46. The molecule has 0 bridgehead atoms. The van der Waals surface area contributed by atoms with Crippen LogP contribution >= 0.6 is 11.5 Å². The van der Waals surface area contributed by atoms with Crippen molar-refractivity contribution >= 4 is 16.7 Å². The van der Waals surface area contributed by atoms with Gasteiger partial charge in [0.25, 0.3) is 0 Å². The van der Waals surface area contributed by atoms with Crippen LogP contribution in [-0.2, 0) is 11.3 Å². The largest absolute Gasteiger partial charge is 0.377 e. The van der Waals surface area contributed by atoms with E-state index in [0.717, 1.165) is 36.9 Å². The Morgan fingerprint density at radius 1 is 1.27 bits per heavy atom. The topological polar surface area (TPSA) is 69.0 Å². The number of rotatable bonds is 5. The lowest BCUT2D eigenvalue weighted by molar-refractivity contribution is 0.179. The van der Waals surface area contributed by atoms with Crippen LogP contribution in [0.2, 0.25) is 0 Å². The second kappa shape index (κ2) is 5.92. The molecule has 2 aromatic rings. The molecular formula is C14H20N6OS. The van der Waals surface area contributed by atoms with Crippen molar-refractivity contribution in [3.63, 3.8) is 0 Å². The molecule has 22 heavy (non-hydrogen) atoms. The summed E-state index contributed by atoms with van der Waals surface area (Å²) in [7, 11) is 1.67. The van der Waals surface area contributed by atoms with Crippen LogP contribution in [0, 0.1) is 0 Å². The summed E-state index contributed by atoms with van der Waals surface area (Å²) in [5, 5.41) is 9.51. The lowest BCUT2D eigenvalue weighted by atomic mass is 9.96.